The summed E-state index contributed by atoms with van der Waals surface area (Å²) in [6, 6.07) is 7.99. The van der Waals surface area contributed by atoms with Gasteiger partial charge in [-0.25, -0.2) is 4.79 Å². The Hall–Kier alpha value is -2.24. The standard InChI is InChI=1S/C24H37N3O3/c1-24(2,3)30-23(29)27-16-12-19(13-17-27)18-10-14-26(15-11-18)21-8-6-20(7-9-21)22(28)25(4)5/h6-9,18-19H,10-17H2,1-5H3. The first kappa shape index (κ1) is 22.4. The van der Waals surface area contributed by atoms with Crippen LogP contribution in [-0.4, -0.2) is 67.7 Å². The zero-order chi connectivity index (χ0) is 21.9. The minimum atomic E-state index is -0.432. The number of carbonyl (C=O) groups is 2. The lowest BCUT2D eigenvalue weighted by Crippen LogP contribution is -2.44. The topological polar surface area (TPSA) is 53.1 Å². The SMILES string of the molecule is CN(C)C(=O)c1ccc(N2CCC(C3CCN(C(=O)OC(C)(C)C)CC3)CC2)cc1. The molecule has 2 heterocycles. The summed E-state index contributed by atoms with van der Waals surface area (Å²) in [7, 11) is 3.55. The second-order valence-corrected chi connectivity index (χ2v) is 9.88. The first-order valence-electron chi connectivity index (χ1n) is 11.2. The van der Waals surface area contributed by atoms with E-state index in [-0.39, 0.29) is 12.0 Å². The number of nitrogens with zero attached hydrogens (tertiary/aromatic N) is 3. The molecule has 2 aliphatic rings. The van der Waals surface area contributed by atoms with E-state index in [1.54, 1.807) is 19.0 Å². The first-order valence-corrected chi connectivity index (χ1v) is 11.2. The van der Waals surface area contributed by atoms with Crippen LogP contribution in [0, 0.1) is 11.8 Å². The van der Waals surface area contributed by atoms with Gasteiger partial charge in [0.2, 0.25) is 0 Å². The van der Waals surface area contributed by atoms with Gasteiger partial charge in [-0.2, -0.15) is 0 Å². The molecule has 2 fully saturated rings. The van der Waals surface area contributed by atoms with Gasteiger partial charge in [0.05, 0.1) is 0 Å². The Bertz CT molecular complexity index is 723. The number of amides is 2. The van der Waals surface area contributed by atoms with Gasteiger partial charge >= 0.3 is 6.09 Å². The zero-order valence-corrected chi connectivity index (χ0v) is 19.2. The fourth-order valence-electron chi connectivity index (χ4n) is 4.58. The average Bonchev–Trinajstić information content (AvgIpc) is 2.72. The van der Waals surface area contributed by atoms with E-state index in [1.165, 1.54) is 18.5 Å². The molecule has 0 radical (unpaired) electrons. The third-order valence-electron chi connectivity index (χ3n) is 6.28. The van der Waals surface area contributed by atoms with Gasteiger partial charge < -0.3 is 19.4 Å². The predicted molar refractivity (Wildman–Crippen MR) is 120 cm³/mol. The van der Waals surface area contributed by atoms with E-state index in [2.05, 4.69) is 17.0 Å². The maximum Gasteiger partial charge on any atom is 0.410 e. The molecule has 1 aromatic carbocycles. The molecule has 166 valence electrons. The molecule has 6 heteroatoms. The monoisotopic (exact) mass is 415 g/mol. The highest BCUT2D eigenvalue weighted by Crippen LogP contribution is 2.34. The Morgan fingerprint density at radius 3 is 1.87 bits per heavy atom. The predicted octanol–water partition coefficient (Wildman–Crippen LogP) is 4.25. The first-order chi connectivity index (χ1) is 14.1. The van der Waals surface area contributed by atoms with Crippen molar-refractivity contribution < 1.29 is 14.3 Å². The Morgan fingerprint density at radius 2 is 1.40 bits per heavy atom. The molecule has 30 heavy (non-hydrogen) atoms. The van der Waals surface area contributed by atoms with Gasteiger partial charge in [0.1, 0.15) is 5.60 Å². The van der Waals surface area contributed by atoms with Crippen LogP contribution in [0.4, 0.5) is 10.5 Å². The van der Waals surface area contributed by atoms with Crippen molar-refractivity contribution in [2.75, 3.05) is 45.2 Å². The molecular formula is C24H37N3O3. The molecule has 0 spiro atoms. The van der Waals surface area contributed by atoms with E-state index in [0.717, 1.165) is 50.5 Å². The van der Waals surface area contributed by atoms with Crippen LogP contribution < -0.4 is 4.90 Å². The fourth-order valence-corrected chi connectivity index (χ4v) is 4.58. The molecule has 1 aromatic rings. The molecule has 6 nitrogen and oxygen atoms in total. The van der Waals surface area contributed by atoms with Crippen LogP contribution in [0.3, 0.4) is 0 Å². The third kappa shape index (κ3) is 5.67. The molecule has 0 aliphatic carbocycles. The number of likely N-dealkylation sites (tertiary alicyclic amines) is 1. The summed E-state index contributed by atoms with van der Waals surface area (Å²) in [5.41, 5.74) is 1.50. The highest BCUT2D eigenvalue weighted by atomic mass is 16.6. The van der Waals surface area contributed by atoms with E-state index < -0.39 is 5.60 Å². The van der Waals surface area contributed by atoms with Gasteiger partial charge in [0, 0.05) is 51.5 Å². The van der Waals surface area contributed by atoms with E-state index in [4.69, 9.17) is 4.74 Å². The summed E-state index contributed by atoms with van der Waals surface area (Å²) in [4.78, 5) is 30.2. The number of hydrogen-bond acceptors (Lipinski definition) is 4. The molecular weight excluding hydrogens is 378 g/mol. The maximum absolute atomic E-state index is 12.3. The Balaban J connectivity index is 1.46. The smallest absolute Gasteiger partial charge is 0.410 e. The second kappa shape index (κ2) is 9.27. The fraction of sp³-hybridized carbons (Fsp3) is 0.667. The Labute approximate surface area is 181 Å². The molecule has 0 N–H and O–H groups in total. The number of ether oxygens (including phenoxy) is 1. The van der Waals surface area contributed by atoms with Gasteiger partial charge in [0.25, 0.3) is 5.91 Å². The van der Waals surface area contributed by atoms with E-state index in [9.17, 15) is 9.59 Å². The van der Waals surface area contributed by atoms with E-state index in [0.29, 0.717) is 5.92 Å². The van der Waals surface area contributed by atoms with Gasteiger partial charge in [-0.3, -0.25) is 4.79 Å². The molecule has 2 amide bonds. The number of rotatable bonds is 3. The largest absolute Gasteiger partial charge is 0.444 e. The summed E-state index contributed by atoms with van der Waals surface area (Å²) >= 11 is 0. The molecule has 2 saturated heterocycles. The van der Waals surface area contributed by atoms with Gasteiger partial charge in [-0.1, -0.05) is 0 Å². The number of anilines is 1. The molecule has 0 aromatic heterocycles. The van der Waals surface area contributed by atoms with Crippen molar-refractivity contribution in [2.24, 2.45) is 11.8 Å². The highest BCUT2D eigenvalue weighted by molar-refractivity contribution is 5.94. The molecule has 3 rings (SSSR count). The van der Waals surface area contributed by atoms with Gasteiger partial charge in [-0.05, 0) is 82.6 Å². The van der Waals surface area contributed by atoms with Crippen LogP contribution in [0.5, 0.6) is 0 Å². The quantitative estimate of drug-likeness (QED) is 0.740. The van der Waals surface area contributed by atoms with Crippen molar-refractivity contribution in [3.63, 3.8) is 0 Å². The zero-order valence-electron chi connectivity index (χ0n) is 19.2. The van der Waals surface area contributed by atoms with Gasteiger partial charge in [0.15, 0.2) is 0 Å². The lowest BCUT2D eigenvalue weighted by atomic mass is 9.79. The van der Waals surface area contributed by atoms with Crippen molar-refractivity contribution in [3.8, 4) is 0 Å². The highest BCUT2D eigenvalue weighted by Gasteiger charge is 2.32. The minimum Gasteiger partial charge on any atom is -0.444 e. The normalized spacial score (nSPS) is 19.0. The minimum absolute atomic E-state index is 0.0398. The molecule has 0 bridgehead atoms. The van der Waals surface area contributed by atoms with Crippen molar-refractivity contribution >= 4 is 17.7 Å². The summed E-state index contributed by atoms with van der Waals surface area (Å²) < 4.78 is 5.51. The molecule has 2 aliphatic heterocycles. The lowest BCUT2D eigenvalue weighted by molar-refractivity contribution is 0.0152. The summed E-state index contributed by atoms with van der Waals surface area (Å²) in [5, 5.41) is 0. The van der Waals surface area contributed by atoms with Crippen molar-refractivity contribution in [1.29, 1.82) is 0 Å². The van der Waals surface area contributed by atoms with Crippen molar-refractivity contribution in [2.45, 2.75) is 52.1 Å². The Morgan fingerprint density at radius 1 is 0.900 bits per heavy atom. The number of hydrogen-bond donors (Lipinski definition) is 0. The third-order valence-corrected chi connectivity index (χ3v) is 6.28. The van der Waals surface area contributed by atoms with Crippen LogP contribution in [-0.2, 0) is 4.74 Å². The van der Waals surface area contributed by atoms with E-state index >= 15 is 0 Å². The lowest BCUT2D eigenvalue weighted by Gasteiger charge is -2.41. The van der Waals surface area contributed by atoms with Crippen LogP contribution in [0.2, 0.25) is 0 Å². The van der Waals surface area contributed by atoms with Crippen molar-refractivity contribution in [3.05, 3.63) is 29.8 Å². The Kier molecular flexibility index (Phi) is 6.94. The summed E-state index contributed by atoms with van der Waals surface area (Å²) in [6.07, 6.45) is 4.36. The van der Waals surface area contributed by atoms with E-state index in [1.807, 2.05) is 37.8 Å². The summed E-state index contributed by atoms with van der Waals surface area (Å²) in [5.74, 6) is 1.47. The average molecular weight is 416 g/mol. The number of carbonyl (C=O) groups excluding carboxylic acids is 2. The molecule has 0 unspecified atom stereocenters. The molecule has 0 atom stereocenters. The number of piperidine rings is 2. The maximum atomic E-state index is 12.3. The number of benzene rings is 1. The molecule has 0 saturated carbocycles. The van der Waals surface area contributed by atoms with Crippen molar-refractivity contribution in [1.82, 2.24) is 9.80 Å². The van der Waals surface area contributed by atoms with Crippen LogP contribution in [0.15, 0.2) is 24.3 Å². The van der Waals surface area contributed by atoms with Crippen LogP contribution in [0.1, 0.15) is 56.8 Å². The van der Waals surface area contributed by atoms with Crippen LogP contribution in [0.25, 0.3) is 0 Å². The van der Waals surface area contributed by atoms with Crippen LogP contribution >= 0.6 is 0 Å². The van der Waals surface area contributed by atoms with Gasteiger partial charge in [-0.15, -0.1) is 0 Å². The summed E-state index contributed by atoms with van der Waals surface area (Å²) in [6.45, 7) is 9.47. The second-order valence-electron chi connectivity index (χ2n) is 9.88.